The molecule has 1 saturated heterocycles. The molecule has 1 aromatic rings. The summed E-state index contributed by atoms with van der Waals surface area (Å²) in [5, 5.41) is 0. The third-order valence-corrected chi connectivity index (χ3v) is 5.64. The van der Waals surface area contributed by atoms with Crippen LogP contribution in [0.4, 0.5) is 4.39 Å². The highest BCUT2D eigenvalue weighted by Gasteiger charge is 2.25. The van der Waals surface area contributed by atoms with E-state index in [1.54, 1.807) is 0 Å². The van der Waals surface area contributed by atoms with Gasteiger partial charge in [0.25, 0.3) is 0 Å². The Morgan fingerprint density at radius 1 is 1.32 bits per heavy atom. The molecule has 1 aromatic carbocycles. The highest BCUT2D eigenvalue weighted by Crippen LogP contribution is 2.18. The number of halogens is 1. The Hall–Kier alpha value is -0.980. The Morgan fingerprint density at radius 3 is 2.82 bits per heavy atom. The lowest BCUT2D eigenvalue weighted by atomic mass is 10.0. The quantitative estimate of drug-likeness (QED) is 0.837. The predicted molar refractivity (Wildman–Crippen MR) is 85.7 cm³/mol. The fraction of sp³-hybridized carbons (Fsp3) is 0.625. The van der Waals surface area contributed by atoms with E-state index in [1.807, 2.05) is 0 Å². The average Bonchev–Trinajstić information content (AvgIpc) is 2.52. The first-order chi connectivity index (χ1) is 10.5. The van der Waals surface area contributed by atoms with Crippen molar-refractivity contribution in [1.82, 2.24) is 9.62 Å². The van der Waals surface area contributed by atoms with Crippen molar-refractivity contribution in [3.05, 3.63) is 30.1 Å². The summed E-state index contributed by atoms with van der Waals surface area (Å²) in [6, 6.07) is 5.70. The molecule has 1 atom stereocenters. The molecule has 0 spiro atoms. The maximum Gasteiger partial charge on any atom is 0.243 e. The molecule has 0 radical (unpaired) electrons. The Kier molecular flexibility index (Phi) is 6.35. The van der Waals surface area contributed by atoms with Crippen molar-refractivity contribution >= 4 is 10.0 Å². The van der Waals surface area contributed by atoms with Crippen molar-refractivity contribution in [1.29, 1.82) is 0 Å². The van der Waals surface area contributed by atoms with Crippen LogP contribution in [0.3, 0.4) is 0 Å². The summed E-state index contributed by atoms with van der Waals surface area (Å²) < 4.78 is 40.7. The standard InChI is InChI=1S/C16H25FN2O2S/c1-2-3-11-19-12-7-6-8-14(19)13-18-22(20,21)16-10-5-4-9-15(16)17/h4-5,9-10,14,18H,2-3,6-8,11-13H2,1H3. The third kappa shape index (κ3) is 4.51. The number of unbranched alkanes of at least 4 members (excludes halogenated alkanes) is 1. The van der Waals surface area contributed by atoms with E-state index in [0.29, 0.717) is 6.54 Å². The molecule has 1 heterocycles. The van der Waals surface area contributed by atoms with Gasteiger partial charge < -0.3 is 0 Å². The fourth-order valence-electron chi connectivity index (χ4n) is 2.89. The molecule has 2 rings (SSSR count). The average molecular weight is 328 g/mol. The molecule has 0 aliphatic carbocycles. The van der Waals surface area contributed by atoms with Gasteiger partial charge in [0.2, 0.25) is 10.0 Å². The number of piperidine rings is 1. The summed E-state index contributed by atoms with van der Waals surface area (Å²) in [5.74, 6) is -0.707. The largest absolute Gasteiger partial charge is 0.299 e. The number of nitrogens with one attached hydrogen (secondary N) is 1. The van der Waals surface area contributed by atoms with Gasteiger partial charge in [0.15, 0.2) is 0 Å². The molecule has 0 amide bonds. The predicted octanol–water partition coefficient (Wildman–Crippen LogP) is 2.76. The van der Waals surface area contributed by atoms with Gasteiger partial charge in [-0.3, -0.25) is 4.90 Å². The molecule has 124 valence electrons. The lowest BCUT2D eigenvalue weighted by Gasteiger charge is -2.35. The van der Waals surface area contributed by atoms with Crippen LogP contribution >= 0.6 is 0 Å². The molecule has 1 unspecified atom stereocenters. The normalized spacial score (nSPS) is 20.2. The first-order valence-corrected chi connectivity index (χ1v) is 9.51. The van der Waals surface area contributed by atoms with Gasteiger partial charge in [0, 0.05) is 12.6 Å². The Morgan fingerprint density at radius 2 is 2.09 bits per heavy atom. The van der Waals surface area contributed by atoms with Crippen molar-refractivity contribution < 1.29 is 12.8 Å². The van der Waals surface area contributed by atoms with Crippen molar-refractivity contribution in [3.8, 4) is 0 Å². The van der Waals surface area contributed by atoms with Gasteiger partial charge in [-0.15, -0.1) is 0 Å². The van der Waals surface area contributed by atoms with E-state index < -0.39 is 15.8 Å². The highest BCUT2D eigenvalue weighted by atomic mass is 32.2. The molecule has 4 nitrogen and oxygen atoms in total. The first kappa shape index (κ1) is 17.4. The van der Waals surface area contributed by atoms with Gasteiger partial charge in [-0.05, 0) is 44.5 Å². The Labute approximate surface area is 132 Å². The Bertz CT molecular complexity index is 577. The third-order valence-electron chi connectivity index (χ3n) is 4.18. The molecule has 22 heavy (non-hydrogen) atoms. The van der Waals surface area contributed by atoms with Crippen molar-refractivity contribution in [3.63, 3.8) is 0 Å². The summed E-state index contributed by atoms with van der Waals surface area (Å²) in [4.78, 5) is 2.09. The van der Waals surface area contributed by atoms with Crippen molar-refractivity contribution in [2.75, 3.05) is 19.6 Å². The van der Waals surface area contributed by atoms with Crippen LogP contribution in [-0.2, 0) is 10.0 Å². The molecule has 0 saturated carbocycles. The topological polar surface area (TPSA) is 49.4 Å². The van der Waals surface area contributed by atoms with E-state index in [1.165, 1.54) is 30.7 Å². The van der Waals surface area contributed by atoms with Crippen LogP contribution in [0.15, 0.2) is 29.2 Å². The van der Waals surface area contributed by atoms with Crippen LogP contribution in [0.2, 0.25) is 0 Å². The summed E-state index contributed by atoms with van der Waals surface area (Å²) in [5.41, 5.74) is 0. The smallest absolute Gasteiger partial charge is 0.243 e. The molecular weight excluding hydrogens is 303 g/mol. The fourth-order valence-corrected chi connectivity index (χ4v) is 4.04. The number of hydrogen-bond donors (Lipinski definition) is 1. The van der Waals surface area contributed by atoms with E-state index >= 15 is 0 Å². The molecule has 1 fully saturated rings. The summed E-state index contributed by atoms with van der Waals surface area (Å²) >= 11 is 0. The minimum absolute atomic E-state index is 0.210. The minimum atomic E-state index is -3.79. The van der Waals surface area contributed by atoms with E-state index in [-0.39, 0.29) is 10.9 Å². The second-order valence-electron chi connectivity index (χ2n) is 5.82. The van der Waals surface area contributed by atoms with Crippen molar-refractivity contribution in [2.24, 2.45) is 0 Å². The molecule has 6 heteroatoms. The lowest BCUT2D eigenvalue weighted by Crippen LogP contribution is -2.47. The highest BCUT2D eigenvalue weighted by molar-refractivity contribution is 7.89. The number of sulfonamides is 1. The SMILES string of the molecule is CCCCN1CCCCC1CNS(=O)(=O)c1ccccc1F. The number of hydrogen-bond acceptors (Lipinski definition) is 3. The summed E-state index contributed by atoms with van der Waals surface area (Å²) in [7, 11) is -3.79. The maximum atomic E-state index is 13.7. The zero-order chi connectivity index (χ0) is 16.0. The van der Waals surface area contributed by atoms with Gasteiger partial charge in [-0.1, -0.05) is 31.9 Å². The van der Waals surface area contributed by atoms with E-state index in [4.69, 9.17) is 0 Å². The van der Waals surface area contributed by atoms with Crippen molar-refractivity contribution in [2.45, 2.75) is 50.0 Å². The van der Waals surface area contributed by atoms with E-state index in [2.05, 4.69) is 16.5 Å². The molecule has 0 aromatic heterocycles. The molecular formula is C16H25FN2O2S. The molecule has 1 N–H and O–H groups in total. The monoisotopic (exact) mass is 328 g/mol. The Balaban J connectivity index is 1.99. The van der Waals surface area contributed by atoms with Crippen LogP contribution < -0.4 is 4.72 Å². The first-order valence-electron chi connectivity index (χ1n) is 8.03. The zero-order valence-corrected chi connectivity index (χ0v) is 13.9. The second-order valence-corrected chi connectivity index (χ2v) is 7.56. The number of benzene rings is 1. The molecule has 1 aliphatic rings. The minimum Gasteiger partial charge on any atom is -0.299 e. The lowest BCUT2D eigenvalue weighted by molar-refractivity contribution is 0.148. The maximum absolute atomic E-state index is 13.7. The van der Waals surface area contributed by atoms with Crippen LogP contribution in [-0.4, -0.2) is 39.0 Å². The summed E-state index contributed by atoms with van der Waals surface area (Å²) in [6.07, 6.45) is 5.53. The van der Waals surface area contributed by atoms with Gasteiger partial charge in [0.1, 0.15) is 10.7 Å². The van der Waals surface area contributed by atoms with Gasteiger partial charge in [-0.25, -0.2) is 17.5 Å². The van der Waals surface area contributed by atoms with E-state index in [0.717, 1.165) is 38.8 Å². The summed E-state index contributed by atoms with van der Waals surface area (Å²) in [6.45, 7) is 4.52. The van der Waals surface area contributed by atoms with Gasteiger partial charge >= 0.3 is 0 Å². The molecule has 0 bridgehead atoms. The van der Waals surface area contributed by atoms with Gasteiger partial charge in [0.05, 0.1) is 0 Å². The second kappa shape index (κ2) is 8.04. The number of likely N-dealkylation sites (tertiary alicyclic amines) is 1. The van der Waals surface area contributed by atoms with Crippen LogP contribution in [0.1, 0.15) is 39.0 Å². The van der Waals surface area contributed by atoms with Crippen LogP contribution in [0.25, 0.3) is 0 Å². The molecule has 1 aliphatic heterocycles. The number of rotatable bonds is 7. The van der Waals surface area contributed by atoms with Crippen LogP contribution in [0.5, 0.6) is 0 Å². The van der Waals surface area contributed by atoms with Crippen LogP contribution in [0, 0.1) is 5.82 Å². The van der Waals surface area contributed by atoms with Gasteiger partial charge in [-0.2, -0.15) is 0 Å². The van der Waals surface area contributed by atoms with E-state index in [9.17, 15) is 12.8 Å². The zero-order valence-electron chi connectivity index (χ0n) is 13.1. The number of nitrogens with zero attached hydrogens (tertiary/aromatic N) is 1.